The first-order valence-electron chi connectivity index (χ1n) is 10.8. The first-order chi connectivity index (χ1) is 13.0. The normalized spacial score (nSPS) is 18.1. The maximum atomic E-state index is 4.58. The first kappa shape index (κ1) is 19.9. The van der Waals surface area contributed by atoms with Crippen LogP contribution in [0.4, 0.5) is 0 Å². The molecule has 0 amide bonds. The van der Waals surface area contributed by atoms with E-state index < -0.39 is 0 Å². The van der Waals surface area contributed by atoms with Crippen molar-refractivity contribution in [2.75, 3.05) is 0 Å². The van der Waals surface area contributed by atoms with E-state index in [-0.39, 0.29) is 5.54 Å². The average molecular weight is 363 g/mol. The summed E-state index contributed by atoms with van der Waals surface area (Å²) in [6, 6.07) is 9.55. The summed E-state index contributed by atoms with van der Waals surface area (Å²) in [6.07, 6.45) is 10.5. The fraction of sp³-hybridized carbons (Fsp3) is 0.500. The Balaban J connectivity index is 2.23. The molecule has 1 aliphatic heterocycles. The second kappa shape index (κ2) is 8.00. The first-order valence-corrected chi connectivity index (χ1v) is 10.8. The topological polar surface area (TPSA) is 3.88 Å². The van der Waals surface area contributed by atoms with E-state index in [0.717, 1.165) is 25.7 Å². The number of aryl methyl sites for hydroxylation is 3. The molecule has 2 aromatic rings. The third kappa shape index (κ3) is 3.49. The van der Waals surface area contributed by atoms with E-state index >= 15 is 0 Å². The van der Waals surface area contributed by atoms with Gasteiger partial charge in [0.05, 0.1) is 5.56 Å². The fourth-order valence-electron chi connectivity index (χ4n) is 4.90. The van der Waals surface area contributed by atoms with E-state index in [4.69, 9.17) is 0 Å². The molecule has 0 radical (unpaired) electrons. The van der Waals surface area contributed by atoms with Gasteiger partial charge < -0.3 is 0 Å². The Morgan fingerprint density at radius 2 is 1.89 bits per heavy atom. The SMILES string of the molecule is C=C(CCC)C1(CC)Cc2ccc(CCCC)cc2-c2c(C)cc(C)c[n+]21. The van der Waals surface area contributed by atoms with Gasteiger partial charge >= 0.3 is 0 Å². The summed E-state index contributed by atoms with van der Waals surface area (Å²) >= 11 is 0. The van der Waals surface area contributed by atoms with Gasteiger partial charge in [-0.05, 0) is 61.9 Å². The number of unbranched alkanes of at least 4 members (excludes halogenated alkanes) is 1. The van der Waals surface area contributed by atoms with E-state index in [1.54, 1.807) is 0 Å². The lowest BCUT2D eigenvalue weighted by Gasteiger charge is -2.36. The maximum Gasteiger partial charge on any atom is 0.216 e. The largest absolute Gasteiger partial charge is 0.216 e. The molecule has 1 atom stereocenters. The van der Waals surface area contributed by atoms with Crippen molar-refractivity contribution in [3.63, 3.8) is 0 Å². The second-order valence-corrected chi connectivity index (χ2v) is 8.43. The fourth-order valence-corrected chi connectivity index (χ4v) is 4.90. The molecule has 1 aromatic carbocycles. The van der Waals surface area contributed by atoms with Crippen LogP contribution in [0.5, 0.6) is 0 Å². The zero-order valence-corrected chi connectivity index (χ0v) is 18.0. The number of hydrogen-bond acceptors (Lipinski definition) is 0. The zero-order valence-electron chi connectivity index (χ0n) is 18.0. The van der Waals surface area contributed by atoms with Gasteiger partial charge in [0, 0.05) is 24.0 Å². The van der Waals surface area contributed by atoms with Crippen LogP contribution in [0.25, 0.3) is 11.3 Å². The monoisotopic (exact) mass is 362 g/mol. The highest BCUT2D eigenvalue weighted by atomic mass is 15.1. The second-order valence-electron chi connectivity index (χ2n) is 8.43. The molecule has 0 saturated carbocycles. The molecule has 1 unspecified atom stereocenters. The predicted molar refractivity (Wildman–Crippen MR) is 116 cm³/mol. The third-order valence-electron chi connectivity index (χ3n) is 6.38. The molecular weight excluding hydrogens is 326 g/mol. The highest BCUT2D eigenvalue weighted by Gasteiger charge is 2.47. The minimum atomic E-state index is 0.0000581. The number of aromatic nitrogens is 1. The van der Waals surface area contributed by atoms with Gasteiger partial charge in [-0.3, -0.25) is 0 Å². The molecule has 27 heavy (non-hydrogen) atoms. The van der Waals surface area contributed by atoms with Crippen LogP contribution >= 0.6 is 0 Å². The van der Waals surface area contributed by atoms with Gasteiger partial charge in [-0.1, -0.05) is 52.3 Å². The van der Waals surface area contributed by atoms with Crippen molar-refractivity contribution >= 4 is 0 Å². The van der Waals surface area contributed by atoms with Gasteiger partial charge in [-0.2, -0.15) is 4.57 Å². The zero-order chi connectivity index (χ0) is 19.6. The Bertz CT molecular complexity index is 846. The number of hydrogen-bond donors (Lipinski definition) is 0. The third-order valence-corrected chi connectivity index (χ3v) is 6.38. The van der Waals surface area contributed by atoms with Gasteiger partial charge in [0.25, 0.3) is 0 Å². The molecular formula is C26H36N+. The highest BCUT2D eigenvalue weighted by molar-refractivity contribution is 5.67. The van der Waals surface area contributed by atoms with Gasteiger partial charge in [0.15, 0.2) is 11.7 Å². The Kier molecular flexibility index (Phi) is 5.89. The van der Waals surface area contributed by atoms with Gasteiger partial charge in [0.2, 0.25) is 5.69 Å². The lowest BCUT2D eigenvalue weighted by Crippen LogP contribution is -2.61. The average Bonchev–Trinajstić information content (AvgIpc) is 2.65. The standard InChI is InChI=1S/C26H36N/c1-7-10-12-22-13-14-23-17-26(9-3,21(6)11-8-2)27-18-19(4)15-20(5)25(27)24(23)16-22/h13-16,18H,6-12,17H2,1-5H3/q+1. The quantitative estimate of drug-likeness (QED) is 0.385. The number of pyridine rings is 1. The van der Waals surface area contributed by atoms with Crippen molar-refractivity contribution in [1.29, 1.82) is 0 Å². The molecule has 1 heteroatoms. The van der Waals surface area contributed by atoms with Crippen LogP contribution in [-0.2, 0) is 18.4 Å². The molecule has 1 aliphatic rings. The maximum absolute atomic E-state index is 4.58. The lowest BCUT2D eigenvalue weighted by molar-refractivity contribution is -0.748. The number of rotatable bonds is 7. The summed E-state index contributed by atoms with van der Waals surface area (Å²) in [7, 11) is 0. The van der Waals surface area contributed by atoms with Crippen LogP contribution in [-0.4, -0.2) is 0 Å². The number of benzene rings is 1. The van der Waals surface area contributed by atoms with Crippen molar-refractivity contribution in [3.8, 4) is 11.3 Å². The molecule has 0 saturated heterocycles. The van der Waals surface area contributed by atoms with Crippen molar-refractivity contribution in [1.82, 2.24) is 0 Å². The van der Waals surface area contributed by atoms with E-state index in [9.17, 15) is 0 Å². The van der Waals surface area contributed by atoms with E-state index in [1.165, 1.54) is 58.3 Å². The Morgan fingerprint density at radius 3 is 2.56 bits per heavy atom. The Hall–Kier alpha value is -1.89. The summed E-state index contributed by atoms with van der Waals surface area (Å²) in [5, 5.41) is 0. The summed E-state index contributed by atoms with van der Waals surface area (Å²) < 4.78 is 2.58. The minimum Gasteiger partial charge on any atom is -0.188 e. The number of nitrogens with zero attached hydrogens (tertiary/aromatic N) is 1. The molecule has 0 bridgehead atoms. The summed E-state index contributed by atoms with van der Waals surface area (Å²) in [5.41, 5.74) is 9.90. The Morgan fingerprint density at radius 1 is 1.11 bits per heavy atom. The van der Waals surface area contributed by atoms with Crippen LogP contribution in [0.15, 0.2) is 42.6 Å². The van der Waals surface area contributed by atoms with E-state index in [2.05, 4.69) is 76.2 Å². The van der Waals surface area contributed by atoms with Gasteiger partial charge in [-0.15, -0.1) is 0 Å². The molecule has 0 fully saturated rings. The smallest absolute Gasteiger partial charge is 0.188 e. The van der Waals surface area contributed by atoms with E-state index in [0.29, 0.717) is 0 Å². The minimum absolute atomic E-state index is 0.0000581. The molecule has 3 rings (SSSR count). The lowest BCUT2D eigenvalue weighted by atomic mass is 9.74. The highest BCUT2D eigenvalue weighted by Crippen LogP contribution is 2.41. The van der Waals surface area contributed by atoms with Crippen LogP contribution in [0.2, 0.25) is 0 Å². The summed E-state index contributed by atoms with van der Waals surface area (Å²) in [5.74, 6) is 0. The van der Waals surface area contributed by atoms with Crippen LogP contribution in [0, 0.1) is 13.8 Å². The molecule has 0 N–H and O–H groups in total. The van der Waals surface area contributed by atoms with Crippen molar-refractivity contribution in [3.05, 3.63) is 64.9 Å². The van der Waals surface area contributed by atoms with Crippen molar-refractivity contribution in [2.24, 2.45) is 0 Å². The molecule has 1 nitrogen and oxygen atoms in total. The predicted octanol–water partition coefficient (Wildman–Crippen LogP) is 6.62. The number of fused-ring (bicyclic) bond motifs is 3. The molecule has 1 aromatic heterocycles. The Labute approximate surface area is 166 Å². The molecule has 2 heterocycles. The molecule has 144 valence electrons. The van der Waals surface area contributed by atoms with Gasteiger partial charge in [-0.25, -0.2) is 0 Å². The van der Waals surface area contributed by atoms with Crippen LogP contribution in [0.3, 0.4) is 0 Å². The summed E-state index contributed by atoms with van der Waals surface area (Å²) in [6.45, 7) is 15.9. The van der Waals surface area contributed by atoms with Crippen LogP contribution < -0.4 is 4.57 Å². The molecule has 0 spiro atoms. The van der Waals surface area contributed by atoms with E-state index in [1.807, 2.05) is 0 Å². The summed E-state index contributed by atoms with van der Waals surface area (Å²) in [4.78, 5) is 0. The number of allylic oxidation sites excluding steroid dienone is 1. The van der Waals surface area contributed by atoms with Crippen molar-refractivity contribution in [2.45, 2.75) is 85.1 Å². The van der Waals surface area contributed by atoms with Crippen LogP contribution in [0.1, 0.15) is 75.1 Å². The van der Waals surface area contributed by atoms with Crippen molar-refractivity contribution < 1.29 is 4.57 Å². The van der Waals surface area contributed by atoms with Gasteiger partial charge in [0.1, 0.15) is 0 Å². The molecule has 0 aliphatic carbocycles.